The number of halogens is 4. The second kappa shape index (κ2) is 9.30. The quantitative estimate of drug-likeness (QED) is 0.421. The molecular weight excluding hydrogens is 472 g/mol. The molecule has 0 spiro atoms. The highest BCUT2D eigenvalue weighted by molar-refractivity contribution is 7.07. The normalized spacial score (nSPS) is 14.4. The van der Waals surface area contributed by atoms with E-state index in [2.05, 4.69) is 15.0 Å². The van der Waals surface area contributed by atoms with Gasteiger partial charge < -0.3 is 15.2 Å². The largest absolute Gasteiger partial charge is 0.573 e. The predicted octanol–water partition coefficient (Wildman–Crippen LogP) is 5.92. The zero-order valence-electron chi connectivity index (χ0n) is 17.7. The van der Waals surface area contributed by atoms with Gasteiger partial charge in [0, 0.05) is 5.38 Å². The number of hydrogen-bond acceptors (Lipinski definition) is 5. The maximum atomic E-state index is 14.0. The minimum Gasteiger partial charge on any atom is -0.504 e. The van der Waals surface area contributed by atoms with E-state index in [1.165, 1.54) is 29.5 Å². The van der Waals surface area contributed by atoms with E-state index < -0.39 is 23.7 Å². The first kappa shape index (κ1) is 23.5. The third kappa shape index (κ3) is 5.28. The van der Waals surface area contributed by atoms with Crippen molar-refractivity contribution >= 4 is 34.5 Å². The number of ether oxygens (including phenoxy) is 1. The molecule has 3 aromatic rings. The van der Waals surface area contributed by atoms with Crippen molar-refractivity contribution in [1.29, 1.82) is 0 Å². The number of aromatic nitrogens is 1. The predicted molar refractivity (Wildman–Crippen MR) is 120 cm³/mol. The Balaban J connectivity index is 1.66. The number of fused-ring (bicyclic) bond motifs is 1. The molecule has 1 heterocycles. The van der Waals surface area contributed by atoms with Crippen molar-refractivity contribution in [3.63, 3.8) is 0 Å². The van der Waals surface area contributed by atoms with Crippen LogP contribution in [0.3, 0.4) is 0 Å². The van der Waals surface area contributed by atoms with Crippen LogP contribution in [0, 0.1) is 5.82 Å². The fraction of sp³-hybridized carbons (Fsp3) is 0.167. The topological polar surface area (TPSA) is 71.5 Å². The van der Waals surface area contributed by atoms with Crippen molar-refractivity contribution in [2.24, 2.45) is 0 Å². The summed E-state index contributed by atoms with van der Waals surface area (Å²) in [5.74, 6) is -2.14. The second-order valence-corrected chi connectivity index (χ2v) is 8.28. The number of amides is 1. The Bertz CT molecular complexity index is 1300. The maximum absolute atomic E-state index is 14.0. The molecule has 2 N–H and O–H groups in total. The highest BCUT2D eigenvalue weighted by atomic mass is 32.1. The highest BCUT2D eigenvalue weighted by Crippen LogP contribution is 2.44. The summed E-state index contributed by atoms with van der Waals surface area (Å²) >= 11 is 1.41. The average molecular weight is 490 g/mol. The van der Waals surface area contributed by atoms with E-state index in [-0.39, 0.29) is 18.9 Å². The number of thiazole rings is 1. The van der Waals surface area contributed by atoms with Gasteiger partial charge in [-0.25, -0.2) is 9.37 Å². The van der Waals surface area contributed by atoms with E-state index in [0.717, 1.165) is 17.8 Å². The Morgan fingerprint density at radius 1 is 1.21 bits per heavy atom. The van der Waals surface area contributed by atoms with E-state index in [0.29, 0.717) is 33.4 Å². The monoisotopic (exact) mass is 490 g/mol. The SMILES string of the molecule is CC1=C(CC(=O)NCc2cscn2)c2cc(F)ccc2/C1=C\c1ccc(O)c(OC(F)(F)F)c1. The van der Waals surface area contributed by atoms with E-state index in [1.807, 2.05) is 5.38 Å². The van der Waals surface area contributed by atoms with Crippen LogP contribution in [0.5, 0.6) is 11.5 Å². The summed E-state index contributed by atoms with van der Waals surface area (Å²) in [6, 6.07) is 7.76. The molecule has 5 nitrogen and oxygen atoms in total. The molecule has 0 saturated carbocycles. The molecule has 176 valence electrons. The van der Waals surface area contributed by atoms with Gasteiger partial charge in [-0.15, -0.1) is 24.5 Å². The number of aromatic hydroxyl groups is 1. The maximum Gasteiger partial charge on any atom is 0.573 e. The Morgan fingerprint density at radius 2 is 2.00 bits per heavy atom. The molecule has 10 heteroatoms. The van der Waals surface area contributed by atoms with Gasteiger partial charge in [-0.3, -0.25) is 4.79 Å². The van der Waals surface area contributed by atoms with E-state index in [4.69, 9.17) is 0 Å². The smallest absolute Gasteiger partial charge is 0.504 e. The molecule has 1 amide bonds. The number of nitrogens with zero attached hydrogens (tertiary/aromatic N) is 1. The molecule has 2 aromatic carbocycles. The summed E-state index contributed by atoms with van der Waals surface area (Å²) in [6.07, 6.45) is -3.37. The summed E-state index contributed by atoms with van der Waals surface area (Å²) in [6.45, 7) is 2.03. The Labute approximate surface area is 196 Å². The molecule has 0 radical (unpaired) electrons. The van der Waals surface area contributed by atoms with Crippen molar-refractivity contribution in [2.75, 3.05) is 0 Å². The van der Waals surface area contributed by atoms with Crippen LogP contribution in [0.25, 0.3) is 17.2 Å². The van der Waals surface area contributed by atoms with Crippen LogP contribution in [0.1, 0.15) is 35.7 Å². The third-order valence-corrected chi connectivity index (χ3v) is 5.90. The summed E-state index contributed by atoms with van der Waals surface area (Å²) in [4.78, 5) is 16.7. The molecule has 0 saturated heterocycles. The molecule has 4 rings (SSSR count). The fourth-order valence-corrected chi connectivity index (χ4v) is 4.27. The van der Waals surface area contributed by atoms with Gasteiger partial charge in [0.2, 0.25) is 5.91 Å². The molecule has 0 atom stereocenters. The van der Waals surface area contributed by atoms with E-state index >= 15 is 0 Å². The van der Waals surface area contributed by atoms with Crippen LogP contribution in [-0.4, -0.2) is 22.4 Å². The number of allylic oxidation sites excluding steroid dienone is 2. The number of carbonyl (C=O) groups is 1. The van der Waals surface area contributed by atoms with Gasteiger partial charge in [-0.1, -0.05) is 12.1 Å². The van der Waals surface area contributed by atoms with Crippen LogP contribution in [0.2, 0.25) is 0 Å². The molecule has 1 aliphatic rings. The van der Waals surface area contributed by atoms with Gasteiger partial charge in [-0.2, -0.15) is 0 Å². The van der Waals surface area contributed by atoms with Crippen molar-refractivity contribution in [3.8, 4) is 11.5 Å². The number of phenols is 1. The molecule has 0 fully saturated rings. The molecule has 0 bridgehead atoms. The number of alkyl halides is 3. The van der Waals surface area contributed by atoms with Crippen LogP contribution in [0.15, 0.2) is 52.9 Å². The van der Waals surface area contributed by atoms with Crippen LogP contribution < -0.4 is 10.1 Å². The van der Waals surface area contributed by atoms with Crippen LogP contribution in [-0.2, 0) is 11.3 Å². The van der Waals surface area contributed by atoms with Crippen LogP contribution in [0.4, 0.5) is 17.6 Å². The first-order valence-corrected chi connectivity index (χ1v) is 11.0. The van der Waals surface area contributed by atoms with Crippen molar-refractivity contribution in [1.82, 2.24) is 10.3 Å². The number of carbonyl (C=O) groups excluding carboxylic acids is 1. The first-order valence-electron chi connectivity index (χ1n) is 10.1. The molecule has 0 aliphatic heterocycles. The minimum atomic E-state index is -4.96. The molecule has 1 aliphatic carbocycles. The zero-order chi connectivity index (χ0) is 24.5. The van der Waals surface area contributed by atoms with Gasteiger partial charge >= 0.3 is 6.36 Å². The molecule has 1 aromatic heterocycles. The Kier molecular flexibility index (Phi) is 6.43. The number of phenolic OH excluding ortho intramolecular Hbond substituents is 1. The highest BCUT2D eigenvalue weighted by Gasteiger charge is 2.32. The number of rotatable bonds is 6. The zero-order valence-corrected chi connectivity index (χ0v) is 18.6. The lowest BCUT2D eigenvalue weighted by atomic mass is 10.0. The van der Waals surface area contributed by atoms with Gasteiger partial charge in [0.1, 0.15) is 5.82 Å². The third-order valence-electron chi connectivity index (χ3n) is 5.26. The lowest BCUT2D eigenvalue weighted by Crippen LogP contribution is -2.22. The molecule has 34 heavy (non-hydrogen) atoms. The van der Waals surface area contributed by atoms with Gasteiger partial charge in [0.15, 0.2) is 11.5 Å². The van der Waals surface area contributed by atoms with Gasteiger partial charge in [-0.05, 0) is 70.7 Å². The number of benzene rings is 2. The van der Waals surface area contributed by atoms with Crippen molar-refractivity contribution in [3.05, 3.63) is 81.1 Å². The summed E-state index contributed by atoms with van der Waals surface area (Å²) in [7, 11) is 0. The minimum absolute atomic E-state index is 0.0121. The standard InChI is InChI=1S/C24H18F4N2O3S/c1-13-18(6-14-2-5-21(31)22(7-14)33-24(26,27)28)17-4-3-15(25)8-20(17)19(13)9-23(32)29-10-16-11-34-12-30-16/h2-8,11-12,31H,9-10H2,1H3,(H,29,32)/b18-6-. The number of nitrogens with one attached hydrogen (secondary N) is 1. The Morgan fingerprint density at radius 3 is 2.71 bits per heavy atom. The van der Waals surface area contributed by atoms with Crippen molar-refractivity contribution < 1.29 is 32.2 Å². The first-order chi connectivity index (χ1) is 16.1. The van der Waals surface area contributed by atoms with Gasteiger partial charge in [0.05, 0.1) is 24.2 Å². The van der Waals surface area contributed by atoms with Crippen molar-refractivity contribution in [2.45, 2.75) is 26.3 Å². The summed E-state index contributed by atoms with van der Waals surface area (Å²) in [5.41, 5.74) is 5.84. The Hall–Kier alpha value is -3.66. The lowest BCUT2D eigenvalue weighted by Gasteiger charge is -2.11. The number of hydrogen-bond donors (Lipinski definition) is 2. The van der Waals surface area contributed by atoms with E-state index in [9.17, 15) is 27.5 Å². The lowest BCUT2D eigenvalue weighted by molar-refractivity contribution is -0.275. The van der Waals surface area contributed by atoms with Gasteiger partial charge in [0.25, 0.3) is 0 Å². The molecular formula is C24H18F4N2O3S. The fourth-order valence-electron chi connectivity index (χ4n) is 3.71. The summed E-state index contributed by atoms with van der Waals surface area (Å²) < 4.78 is 55.9. The second-order valence-electron chi connectivity index (χ2n) is 7.56. The van der Waals surface area contributed by atoms with Crippen LogP contribution >= 0.6 is 11.3 Å². The van der Waals surface area contributed by atoms with E-state index in [1.54, 1.807) is 24.6 Å². The molecule has 0 unspecified atom stereocenters. The summed E-state index contributed by atoms with van der Waals surface area (Å²) in [5, 5.41) is 14.3. The average Bonchev–Trinajstić information content (AvgIpc) is 3.36.